The van der Waals surface area contributed by atoms with E-state index in [2.05, 4.69) is 23.8 Å². The molecule has 19 heavy (non-hydrogen) atoms. The van der Waals surface area contributed by atoms with E-state index in [-0.39, 0.29) is 5.91 Å². The number of nitrogens with one attached hydrogen (secondary N) is 1. The van der Waals surface area contributed by atoms with Gasteiger partial charge in [0, 0.05) is 19.6 Å². The van der Waals surface area contributed by atoms with Gasteiger partial charge >= 0.3 is 0 Å². The molecule has 6 heteroatoms. The van der Waals surface area contributed by atoms with Crippen molar-refractivity contribution in [3.05, 3.63) is 17.5 Å². The highest BCUT2D eigenvalue weighted by molar-refractivity contribution is 7.18. The third-order valence-corrected chi connectivity index (χ3v) is 3.52. The predicted octanol–water partition coefficient (Wildman–Crippen LogP) is 2.59. The molecule has 0 spiro atoms. The van der Waals surface area contributed by atoms with Crippen LogP contribution in [0.3, 0.4) is 0 Å². The van der Waals surface area contributed by atoms with Gasteiger partial charge in [0.05, 0.1) is 0 Å². The van der Waals surface area contributed by atoms with E-state index in [1.54, 1.807) is 11.0 Å². The zero-order valence-electron chi connectivity index (χ0n) is 11.6. The largest absolute Gasteiger partial charge is 0.382 e. The third-order valence-electron chi connectivity index (χ3n) is 2.50. The Kier molecular flexibility index (Phi) is 6.35. The Labute approximate surface area is 118 Å². The minimum atomic E-state index is -0.0682. The Balaban J connectivity index is 2.84. The summed E-state index contributed by atoms with van der Waals surface area (Å²) in [5.41, 5.74) is 5.83. The van der Waals surface area contributed by atoms with Crippen LogP contribution in [-0.4, -0.2) is 35.4 Å². The molecule has 1 heterocycles. The molecule has 0 unspecified atom stereocenters. The van der Waals surface area contributed by atoms with Gasteiger partial charge in [0.15, 0.2) is 5.13 Å². The summed E-state index contributed by atoms with van der Waals surface area (Å²) >= 11 is 1.31. The number of hydrogen-bond acceptors (Lipinski definition) is 5. The first-order valence-electron chi connectivity index (χ1n) is 6.54. The van der Waals surface area contributed by atoms with E-state index < -0.39 is 0 Å². The van der Waals surface area contributed by atoms with E-state index in [9.17, 15) is 4.79 Å². The number of nitrogens with zero attached hydrogens (tertiary/aromatic N) is 2. The van der Waals surface area contributed by atoms with Crippen molar-refractivity contribution in [2.24, 2.45) is 0 Å². The topological polar surface area (TPSA) is 71.2 Å². The second-order valence-corrected chi connectivity index (χ2v) is 5.20. The lowest BCUT2D eigenvalue weighted by Gasteiger charge is -2.19. The lowest BCUT2D eigenvalue weighted by atomic mass is 10.3. The SMILES string of the molecule is C=CCN(CCC)C(=O)c1sc(NCCC)nc1N. The van der Waals surface area contributed by atoms with Gasteiger partial charge in [-0.25, -0.2) is 4.98 Å². The van der Waals surface area contributed by atoms with Crippen LogP contribution < -0.4 is 11.1 Å². The predicted molar refractivity (Wildman–Crippen MR) is 81.7 cm³/mol. The molecular weight excluding hydrogens is 260 g/mol. The highest BCUT2D eigenvalue weighted by Gasteiger charge is 2.20. The van der Waals surface area contributed by atoms with Crippen molar-refractivity contribution in [2.75, 3.05) is 30.7 Å². The standard InChI is InChI=1S/C13H22N4OS/c1-4-7-15-13-16-11(14)10(19-13)12(18)17(8-5-2)9-6-3/h5H,2,4,6-9,14H2,1,3H3,(H,15,16). The molecule has 0 aliphatic carbocycles. The minimum absolute atomic E-state index is 0.0682. The molecule has 0 saturated heterocycles. The maximum Gasteiger partial charge on any atom is 0.268 e. The summed E-state index contributed by atoms with van der Waals surface area (Å²) in [6.45, 7) is 9.83. The van der Waals surface area contributed by atoms with Crippen LogP contribution in [0.5, 0.6) is 0 Å². The normalized spacial score (nSPS) is 10.2. The molecule has 1 aromatic rings. The van der Waals surface area contributed by atoms with Crippen molar-refractivity contribution < 1.29 is 4.79 Å². The van der Waals surface area contributed by atoms with Gasteiger partial charge in [0.1, 0.15) is 10.7 Å². The lowest BCUT2D eigenvalue weighted by molar-refractivity contribution is 0.0779. The number of anilines is 2. The summed E-state index contributed by atoms with van der Waals surface area (Å²) in [6.07, 6.45) is 3.63. The Morgan fingerprint density at radius 1 is 1.53 bits per heavy atom. The third kappa shape index (κ3) is 4.24. The lowest BCUT2D eigenvalue weighted by Crippen LogP contribution is -2.31. The molecule has 0 bridgehead atoms. The number of thiazole rings is 1. The van der Waals surface area contributed by atoms with Gasteiger partial charge in [-0.1, -0.05) is 31.3 Å². The Morgan fingerprint density at radius 2 is 2.26 bits per heavy atom. The molecule has 1 aromatic heterocycles. The fourth-order valence-electron chi connectivity index (χ4n) is 1.64. The first-order valence-corrected chi connectivity index (χ1v) is 7.36. The van der Waals surface area contributed by atoms with Gasteiger partial charge in [-0.05, 0) is 12.8 Å². The molecule has 0 radical (unpaired) electrons. The Bertz CT molecular complexity index is 430. The summed E-state index contributed by atoms with van der Waals surface area (Å²) in [5, 5.41) is 3.86. The first-order chi connectivity index (χ1) is 9.13. The van der Waals surface area contributed by atoms with E-state index in [0.29, 0.717) is 28.9 Å². The van der Waals surface area contributed by atoms with E-state index in [4.69, 9.17) is 5.73 Å². The molecule has 0 fully saturated rings. The second kappa shape index (κ2) is 7.78. The molecule has 0 aliphatic heterocycles. The van der Waals surface area contributed by atoms with Crippen LogP contribution in [0.25, 0.3) is 0 Å². The average Bonchev–Trinajstić information content (AvgIpc) is 2.76. The van der Waals surface area contributed by atoms with Crippen molar-refractivity contribution in [3.63, 3.8) is 0 Å². The van der Waals surface area contributed by atoms with Crippen molar-refractivity contribution >= 4 is 28.2 Å². The summed E-state index contributed by atoms with van der Waals surface area (Å²) in [7, 11) is 0. The number of nitrogen functional groups attached to an aromatic ring is 1. The maximum absolute atomic E-state index is 12.4. The number of nitrogens with two attached hydrogens (primary N) is 1. The molecule has 106 valence electrons. The molecule has 5 nitrogen and oxygen atoms in total. The smallest absolute Gasteiger partial charge is 0.268 e. The van der Waals surface area contributed by atoms with Crippen molar-refractivity contribution in [1.82, 2.24) is 9.88 Å². The summed E-state index contributed by atoms with van der Waals surface area (Å²) < 4.78 is 0. The van der Waals surface area contributed by atoms with Crippen LogP contribution in [0.4, 0.5) is 10.9 Å². The van der Waals surface area contributed by atoms with Crippen LogP contribution >= 0.6 is 11.3 Å². The zero-order valence-corrected chi connectivity index (χ0v) is 12.4. The Morgan fingerprint density at radius 3 is 2.84 bits per heavy atom. The van der Waals surface area contributed by atoms with Gasteiger partial charge < -0.3 is 16.0 Å². The molecule has 3 N–H and O–H groups in total. The summed E-state index contributed by atoms with van der Waals surface area (Å²) in [4.78, 5) is 18.8. The van der Waals surface area contributed by atoms with E-state index in [1.807, 2.05) is 6.92 Å². The molecular formula is C13H22N4OS. The van der Waals surface area contributed by atoms with Crippen LogP contribution in [0.15, 0.2) is 12.7 Å². The van der Waals surface area contributed by atoms with Gasteiger partial charge in [0.25, 0.3) is 5.91 Å². The van der Waals surface area contributed by atoms with Gasteiger partial charge in [-0.15, -0.1) is 6.58 Å². The van der Waals surface area contributed by atoms with E-state index in [0.717, 1.165) is 19.4 Å². The van der Waals surface area contributed by atoms with E-state index in [1.165, 1.54) is 11.3 Å². The minimum Gasteiger partial charge on any atom is -0.382 e. The summed E-state index contributed by atoms with van der Waals surface area (Å²) in [6, 6.07) is 0. The number of amides is 1. The van der Waals surface area contributed by atoms with Gasteiger partial charge in [-0.2, -0.15) is 0 Å². The van der Waals surface area contributed by atoms with Gasteiger partial charge in [-0.3, -0.25) is 4.79 Å². The highest BCUT2D eigenvalue weighted by atomic mass is 32.1. The van der Waals surface area contributed by atoms with Crippen LogP contribution in [-0.2, 0) is 0 Å². The quantitative estimate of drug-likeness (QED) is 0.719. The number of carbonyl (C=O) groups is 1. The van der Waals surface area contributed by atoms with Crippen molar-refractivity contribution in [3.8, 4) is 0 Å². The fourth-order valence-corrected chi connectivity index (χ4v) is 2.52. The monoisotopic (exact) mass is 282 g/mol. The second-order valence-electron chi connectivity index (χ2n) is 4.20. The molecule has 0 aromatic carbocycles. The zero-order chi connectivity index (χ0) is 14.3. The average molecular weight is 282 g/mol. The number of aromatic nitrogens is 1. The maximum atomic E-state index is 12.4. The number of hydrogen-bond donors (Lipinski definition) is 2. The molecule has 0 atom stereocenters. The highest BCUT2D eigenvalue weighted by Crippen LogP contribution is 2.26. The van der Waals surface area contributed by atoms with Crippen molar-refractivity contribution in [1.29, 1.82) is 0 Å². The van der Waals surface area contributed by atoms with Crippen molar-refractivity contribution in [2.45, 2.75) is 26.7 Å². The molecule has 1 amide bonds. The number of carbonyl (C=O) groups excluding carboxylic acids is 1. The molecule has 1 rings (SSSR count). The number of rotatable bonds is 8. The first kappa shape index (κ1) is 15.5. The van der Waals surface area contributed by atoms with Crippen LogP contribution in [0.2, 0.25) is 0 Å². The summed E-state index contributed by atoms with van der Waals surface area (Å²) in [5.74, 6) is 0.236. The van der Waals surface area contributed by atoms with E-state index >= 15 is 0 Å². The molecule has 0 saturated carbocycles. The van der Waals surface area contributed by atoms with Crippen LogP contribution in [0, 0.1) is 0 Å². The molecule has 0 aliphatic rings. The fraction of sp³-hybridized carbons (Fsp3) is 0.538. The van der Waals surface area contributed by atoms with Gasteiger partial charge in [0.2, 0.25) is 0 Å². The van der Waals surface area contributed by atoms with Crippen LogP contribution in [0.1, 0.15) is 36.4 Å². The Hall–Kier alpha value is -1.56.